The number of benzene rings is 3. The molecule has 1 aliphatic rings. The van der Waals surface area contributed by atoms with E-state index in [4.69, 9.17) is 4.74 Å². The van der Waals surface area contributed by atoms with Crippen molar-refractivity contribution in [1.82, 2.24) is 10.0 Å². The number of hydrogen-bond donors (Lipinski definition) is 3. The van der Waals surface area contributed by atoms with Gasteiger partial charge in [-0.1, -0.05) is 42.5 Å². The van der Waals surface area contributed by atoms with Gasteiger partial charge in [-0.3, -0.25) is 4.79 Å². The van der Waals surface area contributed by atoms with Gasteiger partial charge in [0, 0.05) is 17.7 Å². The van der Waals surface area contributed by atoms with Crippen molar-refractivity contribution >= 4 is 21.6 Å². The molecule has 0 aromatic heterocycles. The van der Waals surface area contributed by atoms with Crippen molar-refractivity contribution in [2.45, 2.75) is 24.5 Å². The number of anilines is 1. The van der Waals surface area contributed by atoms with E-state index in [1.165, 1.54) is 0 Å². The Morgan fingerprint density at radius 3 is 2.48 bits per heavy atom. The quantitative estimate of drug-likeness (QED) is 0.549. The summed E-state index contributed by atoms with van der Waals surface area (Å²) in [6.07, 6.45) is -0.616. The monoisotopic (exact) mass is 437 g/mol. The fraction of sp³-hybridized carbons (Fsp3) is 0.174. The van der Waals surface area contributed by atoms with Gasteiger partial charge < -0.3 is 15.4 Å². The summed E-state index contributed by atoms with van der Waals surface area (Å²) in [6.45, 7) is 2.81. The van der Waals surface area contributed by atoms with Crippen LogP contribution in [0.3, 0.4) is 0 Å². The lowest BCUT2D eigenvalue weighted by atomic mass is 10.1. The van der Waals surface area contributed by atoms with Crippen LogP contribution in [0.5, 0.6) is 5.75 Å². The summed E-state index contributed by atoms with van der Waals surface area (Å²) in [6, 6.07) is 21.1. The minimum Gasteiger partial charge on any atom is -0.494 e. The second kappa shape index (κ2) is 8.79. The summed E-state index contributed by atoms with van der Waals surface area (Å²) < 4.78 is 33.2. The first kappa shape index (κ1) is 20.9. The molecule has 0 fully saturated rings. The molecule has 1 heterocycles. The molecular weight excluding hydrogens is 414 g/mol. The molecule has 1 aliphatic heterocycles. The third kappa shape index (κ3) is 4.55. The Bertz CT molecular complexity index is 1190. The normalized spacial score (nSPS) is 16.6. The van der Waals surface area contributed by atoms with Gasteiger partial charge in [0.05, 0.1) is 12.3 Å². The van der Waals surface area contributed by atoms with E-state index >= 15 is 0 Å². The van der Waals surface area contributed by atoms with E-state index in [0.29, 0.717) is 30.0 Å². The summed E-state index contributed by atoms with van der Waals surface area (Å²) in [5.41, 5.74) is 2.63. The second-order valence-corrected chi connectivity index (χ2v) is 8.72. The van der Waals surface area contributed by atoms with Crippen LogP contribution in [0.1, 0.15) is 34.6 Å². The molecule has 0 unspecified atom stereocenters. The standard InChI is InChI=1S/C23H23N3O4S/c1-2-30-20-9-5-3-7-18(20)15-24-23(27)17-13-11-16(12-14-17)22-25-19-8-4-6-10-21(19)31(28,29)26-22/h3-14,22,25-26H,2,15H2,1H3,(H,24,27)/t22-/m1/s1. The Hall–Kier alpha value is -3.36. The number of fused-ring (bicyclic) bond motifs is 1. The minimum absolute atomic E-state index is 0.217. The van der Waals surface area contributed by atoms with Crippen LogP contribution in [0.4, 0.5) is 5.69 Å². The predicted molar refractivity (Wildman–Crippen MR) is 118 cm³/mol. The van der Waals surface area contributed by atoms with Crippen LogP contribution < -0.4 is 20.1 Å². The van der Waals surface area contributed by atoms with Gasteiger partial charge in [-0.05, 0) is 42.8 Å². The van der Waals surface area contributed by atoms with Crippen molar-refractivity contribution in [2.24, 2.45) is 0 Å². The smallest absolute Gasteiger partial charge is 0.251 e. The highest BCUT2D eigenvalue weighted by Crippen LogP contribution is 2.30. The van der Waals surface area contributed by atoms with E-state index in [0.717, 1.165) is 11.3 Å². The van der Waals surface area contributed by atoms with Gasteiger partial charge in [0.2, 0.25) is 10.0 Å². The topological polar surface area (TPSA) is 96.5 Å². The van der Waals surface area contributed by atoms with Crippen LogP contribution in [0.2, 0.25) is 0 Å². The number of nitrogens with one attached hydrogen (secondary N) is 3. The van der Waals surface area contributed by atoms with Gasteiger partial charge in [-0.2, -0.15) is 4.72 Å². The lowest BCUT2D eigenvalue weighted by Gasteiger charge is -2.28. The lowest BCUT2D eigenvalue weighted by Crippen LogP contribution is -2.38. The van der Waals surface area contributed by atoms with Gasteiger partial charge >= 0.3 is 0 Å². The fourth-order valence-electron chi connectivity index (χ4n) is 3.43. The van der Waals surface area contributed by atoms with Crippen molar-refractivity contribution in [3.05, 3.63) is 89.5 Å². The van der Waals surface area contributed by atoms with Crippen molar-refractivity contribution in [2.75, 3.05) is 11.9 Å². The number of para-hydroxylation sites is 2. The molecular formula is C23H23N3O4S. The molecule has 0 spiro atoms. The first-order chi connectivity index (χ1) is 15.0. The first-order valence-electron chi connectivity index (χ1n) is 9.94. The zero-order valence-corrected chi connectivity index (χ0v) is 17.8. The van der Waals surface area contributed by atoms with E-state index in [1.807, 2.05) is 31.2 Å². The molecule has 7 nitrogen and oxygen atoms in total. The first-order valence-corrected chi connectivity index (χ1v) is 11.4. The van der Waals surface area contributed by atoms with Crippen LogP contribution in [0.25, 0.3) is 0 Å². The maximum absolute atomic E-state index is 12.6. The Balaban J connectivity index is 1.45. The van der Waals surface area contributed by atoms with Crippen LogP contribution >= 0.6 is 0 Å². The second-order valence-electron chi connectivity index (χ2n) is 7.04. The molecule has 4 rings (SSSR count). The van der Waals surface area contributed by atoms with Crippen LogP contribution in [0, 0.1) is 0 Å². The van der Waals surface area contributed by atoms with E-state index in [9.17, 15) is 13.2 Å². The molecule has 31 heavy (non-hydrogen) atoms. The van der Waals surface area contributed by atoms with E-state index in [-0.39, 0.29) is 10.8 Å². The van der Waals surface area contributed by atoms with E-state index in [1.54, 1.807) is 48.5 Å². The van der Waals surface area contributed by atoms with Gasteiger partial charge in [-0.25, -0.2) is 8.42 Å². The molecule has 3 N–H and O–H groups in total. The summed E-state index contributed by atoms with van der Waals surface area (Å²) in [5, 5.41) is 6.07. The summed E-state index contributed by atoms with van der Waals surface area (Å²) in [5.74, 6) is 0.525. The lowest BCUT2D eigenvalue weighted by molar-refractivity contribution is 0.0950. The van der Waals surface area contributed by atoms with Crippen LogP contribution in [-0.2, 0) is 16.6 Å². The highest BCUT2D eigenvalue weighted by molar-refractivity contribution is 7.89. The molecule has 160 valence electrons. The number of rotatable bonds is 6. The summed E-state index contributed by atoms with van der Waals surface area (Å²) in [7, 11) is -3.62. The molecule has 8 heteroatoms. The Morgan fingerprint density at radius 1 is 1.00 bits per heavy atom. The molecule has 3 aromatic carbocycles. The molecule has 0 saturated carbocycles. The van der Waals surface area contributed by atoms with Crippen molar-refractivity contribution in [3.63, 3.8) is 0 Å². The Morgan fingerprint density at radius 2 is 1.71 bits per heavy atom. The summed E-state index contributed by atoms with van der Waals surface area (Å²) in [4.78, 5) is 12.8. The van der Waals surface area contributed by atoms with E-state index in [2.05, 4.69) is 15.4 Å². The maximum atomic E-state index is 12.6. The van der Waals surface area contributed by atoms with Crippen molar-refractivity contribution < 1.29 is 17.9 Å². The number of sulfonamides is 1. The molecule has 1 atom stereocenters. The van der Waals surface area contributed by atoms with Crippen molar-refractivity contribution in [1.29, 1.82) is 0 Å². The molecule has 3 aromatic rings. The van der Waals surface area contributed by atoms with Crippen molar-refractivity contribution in [3.8, 4) is 5.75 Å². The third-order valence-electron chi connectivity index (χ3n) is 4.97. The largest absolute Gasteiger partial charge is 0.494 e. The molecule has 0 radical (unpaired) electrons. The molecule has 0 bridgehead atoms. The molecule has 0 aliphatic carbocycles. The third-order valence-corrected chi connectivity index (χ3v) is 6.45. The average molecular weight is 438 g/mol. The molecule has 0 saturated heterocycles. The maximum Gasteiger partial charge on any atom is 0.251 e. The number of amides is 1. The van der Waals surface area contributed by atoms with Crippen LogP contribution in [0.15, 0.2) is 77.7 Å². The summed E-state index contributed by atoms with van der Waals surface area (Å²) >= 11 is 0. The number of carbonyl (C=O) groups excluding carboxylic acids is 1. The highest BCUT2D eigenvalue weighted by Gasteiger charge is 2.29. The number of carbonyl (C=O) groups is 1. The van der Waals surface area contributed by atoms with E-state index < -0.39 is 16.2 Å². The Labute approximate surface area is 181 Å². The number of ether oxygens (including phenoxy) is 1. The van der Waals surface area contributed by atoms with Gasteiger partial charge in [-0.15, -0.1) is 0 Å². The van der Waals surface area contributed by atoms with Crippen LogP contribution in [-0.4, -0.2) is 20.9 Å². The zero-order valence-electron chi connectivity index (χ0n) is 17.0. The zero-order chi connectivity index (χ0) is 21.8. The fourth-order valence-corrected chi connectivity index (χ4v) is 4.73. The number of hydrogen-bond acceptors (Lipinski definition) is 5. The average Bonchev–Trinajstić information content (AvgIpc) is 2.78. The van der Waals surface area contributed by atoms with Gasteiger partial charge in [0.15, 0.2) is 0 Å². The van der Waals surface area contributed by atoms with Gasteiger partial charge in [0.25, 0.3) is 5.91 Å². The predicted octanol–water partition coefficient (Wildman–Crippen LogP) is 3.42. The molecule has 1 amide bonds. The minimum atomic E-state index is -3.62. The van der Waals surface area contributed by atoms with Gasteiger partial charge in [0.1, 0.15) is 16.8 Å². The SMILES string of the molecule is CCOc1ccccc1CNC(=O)c1ccc([C@@H]2Nc3ccccc3S(=O)(=O)N2)cc1. The highest BCUT2D eigenvalue weighted by atomic mass is 32.2. The Kier molecular flexibility index (Phi) is 5.92.